The molecule has 0 heterocycles. The van der Waals surface area contributed by atoms with Gasteiger partial charge in [0.05, 0.1) is 10.5 Å². The number of amides is 1. The Balaban J connectivity index is 2.44. The third-order valence-corrected chi connectivity index (χ3v) is 4.24. The van der Waals surface area contributed by atoms with Gasteiger partial charge < -0.3 is 14.8 Å². The average molecular weight is 418 g/mol. The van der Waals surface area contributed by atoms with Gasteiger partial charge in [0.2, 0.25) is 0 Å². The van der Waals surface area contributed by atoms with Crippen LogP contribution in [0.25, 0.3) is 0 Å². The number of nitrogens with zero attached hydrogens (tertiary/aromatic N) is 1. The molecule has 0 saturated carbocycles. The highest BCUT2D eigenvalue weighted by Crippen LogP contribution is 2.27. The highest BCUT2D eigenvalue weighted by Gasteiger charge is 2.30. The summed E-state index contributed by atoms with van der Waals surface area (Å²) in [4.78, 5) is 23.4. The number of hydrogen-bond acceptors (Lipinski definition) is 5. The lowest BCUT2D eigenvalue weighted by molar-refractivity contribution is -0.150. The molecule has 0 aromatic heterocycles. The fraction of sp³-hybridized carbons (Fsp3) is 0.438. The topological polar surface area (TPSA) is 88.4 Å². The number of hydrogen-bond donors (Lipinski definition) is 1. The zero-order valence-electron chi connectivity index (χ0n) is 13.6. The minimum atomic E-state index is -1.02. The molecule has 130 valence electrons. The smallest absolute Gasteiger partial charge is 0.344 e. The van der Waals surface area contributed by atoms with Crippen LogP contribution in [0.2, 0.25) is 5.02 Å². The van der Waals surface area contributed by atoms with E-state index in [9.17, 15) is 9.59 Å². The van der Waals surface area contributed by atoms with Crippen LogP contribution >= 0.6 is 27.5 Å². The van der Waals surface area contributed by atoms with E-state index in [1.165, 1.54) is 0 Å². The summed E-state index contributed by atoms with van der Waals surface area (Å²) in [5.74, 6) is -0.908. The molecule has 8 heteroatoms. The molecule has 1 rings (SSSR count). The van der Waals surface area contributed by atoms with Gasteiger partial charge >= 0.3 is 5.97 Å². The Kier molecular flexibility index (Phi) is 7.52. The number of nitrogens with one attached hydrogen (secondary N) is 1. The predicted octanol–water partition coefficient (Wildman–Crippen LogP) is 3.08. The van der Waals surface area contributed by atoms with E-state index in [4.69, 9.17) is 26.3 Å². The van der Waals surface area contributed by atoms with E-state index in [0.29, 0.717) is 15.2 Å². The first-order chi connectivity index (χ1) is 11.2. The van der Waals surface area contributed by atoms with Crippen LogP contribution in [0.5, 0.6) is 5.75 Å². The van der Waals surface area contributed by atoms with Gasteiger partial charge in [-0.15, -0.1) is 0 Å². The number of nitriles is 1. The molecule has 0 aliphatic heterocycles. The number of rotatable bonds is 7. The first kappa shape index (κ1) is 20.3. The van der Waals surface area contributed by atoms with Gasteiger partial charge in [-0.1, -0.05) is 25.4 Å². The fourth-order valence-electron chi connectivity index (χ4n) is 1.54. The average Bonchev–Trinajstić information content (AvgIpc) is 2.51. The number of benzene rings is 1. The second-order valence-corrected chi connectivity index (χ2v) is 6.83. The fourth-order valence-corrected chi connectivity index (χ4v) is 2.34. The highest BCUT2D eigenvalue weighted by molar-refractivity contribution is 9.10. The van der Waals surface area contributed by atoms with Gasteiger partial charge in [-0.2, -0.15) is 5.26 Å². The van der Waals surface area contributed by atoms with E-state index in [1.54, 1.807) is 25.1 Å². The van der Waals surface area contributed by atoms with Gasteiger partial charge in [0.25, 0.3) is 5.91 Å². The minimum Gasteiger partial charge on any atom is -0.481 e. The highest BCUT2D eigenvalue weighted by atomic mass is 79.9. The molecule has 0 saturated heterocycles. The summed E-state index contributed by atoms with van der Waals surface area (Å²) >= 11 is 9.06. The van der Waals surface area contributed by atoms with Crippen molar-refractivity contribution in [2.75, 3.05) is 13.2 Å². The van der Waals surface area contributed by atoms with Crippen LogP contribution in [-0.4, -0.2) is 30.6 Å². The van der Waals surface area contributed by atoms with Crippen molar-refractivity contribution < 1.29 is 19.1 Å². The molecule has 1 aromatic rings. The van der Waals surface area contributed by atoms with Gasteiger partial charge in [-0.25, -0.2) is 4.79 Å². The van der Waals surface area contributed by atoms with Crippen LogP contribution in [0, 0.1) is 17.2 Å². The SMILES string of the molecule is CC(C)[C@@](C)(C#N)NC(=O)COC(=O)COc1ccc(Cl)cc1Br. The number of carbonyl (C=O) groups is 2. The lowest BCUT2D eigenvalue weighted by Gasteiger charge is -2.27. The lowest BCUT2D eigenvalue weighted by Crippen LogP contribution is -2.50. The Morgan fingerprint density at radius 2 is 2.08 bits per heavy atom. The third kappa shape index (κ3) is 6.02. The summed E-state index contributed by atoms with van der Waals surface area (Å²) in [5.41, 5.74) is -1.02. The Hall–Kier alpha value is -1.78. The lowest BCUT2D eigenvalue weighted by atomic mass is 9.90. The largest absolute Gasteiger partial charge is 0.481 e. The van der Waals surface area contributed by atoms with E-state index in [0.717, 1.165) is 0 Å². The maximum Gasteiger partial charge on any atom is 0.344 e. The molecule has 0 radical (unpaired) electrons. The summed E-state index contributed by atoms with van der Waals surface area (Å²) in [7, 11) is 0. The van der Waals surface area contributed by atoms with Crippen molar-refractivity contribution in [1.82, 2.24) is 5.32 Å². The van der Waals surface area contributed by atoms with Crippen molar-refractivity contribution in [2.45, 2.75) is 26.3 Å². The zero-order valence-corrected chi connectivity index (χ0v) is 15.9. The van der Waals surface area contributed by atoms with Crippen molar-refractivity contribution in [2.24, 2.45) is 5.92 Å². The summed E-state index contributed by atoms with van der Waals surface area (Å²) < 4.78 is 10.7. The van der Waals surface area contributed by atoms with Crippen molar-refractivity contribution in [1.29, 1.82) is 5.26 Å². The monoisotopic (exact) mass is 416 g/mol. The molecule has 1 aromatic carbocycles. The minimum absolute atomic E-state index is 0.0901. The molecule has 24 heavy (non-hydrogen) atoms. The van der Waals surface area contributed by atoms with Gasteiger partial charge in [0.15, 0.2) is 13.2 Å². The molecular formula is C16H18BrClN2O4. The molecule has 1 atom stereocenters. The number of ether oxygens (including phenoxy) is 2. The molecule has 0 bridgehead atoms. The molecule has 0 unspecified atom stereocenters. The predicted molar refractivity (Wildman–Crippen MR) is 92.6 cm³/mol. The Morgan fingerprint density at radius 3 is 2.62 bits per heavy atom. The summed E-state index contributed by atoms with van der Waals surface area (Å²) in [6, 6.07) is 6.89. The molecule has 0 aliphatic carbocycles. The number of carbonyl (C=O) groups excluding carboxylic acids is 2. The van der Waals surface area contributed by atoms with Gasteiger partial charge in [-0.05, 0) is 47.0 Å². The molecule has 0 fully saturated rings. The van der Waals surface area contributed by atoms with Crippen LogP contribution in [-0.2, 0) is 14.3 Å². The number of halogens is 2. The Labute approximate surface area is 154 Å². The molecule has 0 aliphatic rings. The Morgan fingerprint density at radius 1 is 1.42 bits per heavy atom. The van der Waals surface area contributed by atoms with Gasteiger partial charge in [0, 0.05) is 5.02 Å². The Bertz CT molecular complexity index is 660. The zero-order chi connectivity index (χ0) is 18.3. The van der Waals surface area contributed by atoms with Crippen molar-refractivity contribution in [3.63, 3.8) is 0 Å². The van der Waals surface area contributed by atoms with Gasteiger partial charge in [-0.3, -0.25) is 4.79 Å². The second-order valence-electron chi connectivity index (χ2n) is 5.54. The standard InChI is InChI=1S/C16H18BrClN2O4/c1-10(2)16(3,9-19)20-14(21)7-24-15(22)8-23-13-5-4-11(18)6-12(13)17/h4-6,10H,7-8H2,1-3H3,(H,20,21)/t16-/m1/s1. The first-order valence-corrected chi connectivity index (χ1v) is 8.30. The summed E-state index contributed by atoms with van der Waals surface area (Å²) in [5, 5.41) is 12.2. The van der Waals surface area contributed by atoms with Crippen molar-refractivity contribution in [3.05, 3.63) is 27.7 Å². The van der Waals surface area contributed by atoms with Crippen LogP contribution in [0.1, 0.15) is 20.8 Å². The van der Waals surface area contributed by atoms with E-state index in [1.807, 2.05) is 19.9 Å². The molecular weight excluding hydrogens is 400 g/mol. The quantitative estimate of drug-likeness (QED) is 0.689. The second kappa shape index (κ2) is 8.90. The van der Waals surface area contributed by atoms with E-state index in [-0.39, 0.29) is 12.5 Å². The third-order valence-electron chi connectivity index (χ3n) is 3.39. The maximum atomic E-state index is 11.8. The maximum absolute atomic E-state index is 11.8. The molecule has 1 amide bonds. The van der Waals surface area contributed by atoms with E-state index >= 15 is 0 Å². The van der Waals surface area contributed by atoms with Crippen LogP contribution in [0.3, 0.4) is 0 Å². The van der Waals surface area contributed by atoms with Crippen molar-refractivity contribution in [3.8, 4) is 11.8 Å². The first-order valence-electron chi connectivity index (χ1n) is 7.13. The van der Waals surface area contributed by atoms with Crippen LogP contribution < -0.4 is 10.1 Å². The summed E-state index contributed by atoms with van der Waals surface area (Å²) in [6.07, 6.45) is 0. The van der Waals surface area contributed by atoms with E-state index < -0.39 is 24.0 Å². The van der Waals surface area contributed by atoms with Crippen molar-refractivity contribution >= 4 is 39.4 Å². The number of esters is 1. The summed E-state index contributed by atoms with van der Waals surface area (Å²) in [6.45, 7) is 4.40. The van der Waals surface area contributed by atoms with Crippen LogP contribution in [0.15, 0.2) is 22.7 Å². The molecule has 1 N–H and O–H groups in total. The normalized spacial score (nSPS) is 12.9. The van der Waals surface area contributed by atoms with Gasteiger partial charge in [0.1, 0.15) is 11.3 Å². The molecule has 6 nitrogen and oxygen atoms in total. The van der Waals surface area contributed by atoms with Crippen LogP contribution in [0.4, 0.5) is 0 Å². The van der Waals surface area contributed by atoms with E-state index in [2.05, 4.69) is 21.2 Å². The molecule has 0 spiro atoms.